The third-order valence-electron chi connectivity index (χ3n) is 3.27. The fourth-order valence-corrected chi connectivity index (χ4v) is 2.69. The Labute approximate surface area is 120 Å². The maximum atomic E-state index is 12.8. The van der Waals surface area contributed by atoms with Gasteiger partial charge in [0.25, 0.3) is 0 Å². The van der Waals surface area contributed by atoms with E-state index in [-0.39, 0.29) is 17.4 Å². The summed E-state index contributed by atoms with van der Waals surface area (Å²) in [7, 11) is 0. The smallest absolute Gasteiger partial charge is 0.420 e. The third-order valence-corrected chi connectivity index (χ3v) is 3.88. The van der Waals surface area contributed by atoms with E-state index in [4.69, 9.17) is 5.11 Å². The molecule has 1 fully saturated rings. The molecule has 0 spiro atoms. The zero-order chi connectivity index (χ0) is 15.1. The lowest BCUT2D eigenvalue weighted by Gasteiger charge is -2.16. The molecule has 0 radical (unpaired) electrons. The Balaban J connectivity index is 2.35. The molecule has 4 nitrogen and oxygen atoms in total. The molecule has 1 aliphatic rings. The van der Waals surface area contributed by atoms with E-state index in [2.05, 4.69) is 21.2 Å². The van der Waals surface area contributed by atoms with Crippen LogP contribution in [0.3, 0.4) is 0 Å². The number of halogens is 4. The SMILES string of the molecule is O=C(O)C1CNC(c2cc(Br)c(O)c(C(F)(F)F)c2)C1. The van der Waals surface area contributed by atoms with Gasteiger partial charge in [-0.05, 0) is 40.0 Å². The van der Waals surface area contributed by atoms with E-state index in [1.165, 1.54) is 6.07 Å². The zero-order valence-electron chi connectivity index (χ0n) is 10.0. The molecule has 0 saturated carbocycles. The first-order valence-electron chi connectivity index (χ1n) is 5.76. The molecule has 110 valence electrons. The average Bonchev–Trinajstić information content (AvgIpc) is 2.80. The van der Waals surface area contributed by atoms with E-state index in [9.17, 15) is 23.1 Å². The lowest BCUT2D eigenvalue weighted by Crippen LogP contribution is -2.17. The van der Waals surface area contributed by atoms with Crippen LogP contribution in [-0.4, -0.2) is 22.7 Å². The summed E-state index contributed by atoms with van der Waals surface area (Å²) in [5, 5.41) is 21.2. The summed E-state index contributed by atoms with van der Waals surface area (Å²) in [5.74, 6) is -2.47. The van der Waals surface area contributed by atoms with Crippen molar-refractivity contribution in [3.05, 3.63) is 27.7 Å². The number of phenols is 1. The molecule has 1 aromatic rings. The number of hydrogen-bond acceptors (Lipinski definition) is 3. The Kier molecular flexibility index (Phi) is 3.97. The molecular formula is C12H11BrF3NO3. The molecule has 1 saturated heterocycles. The molecule has 0 aromatic heterocycles. The molecule has 0 bridgehead atoms. The summed E-state index contributed by atoms with van der Waals surface area (Å²) < 4.78 is 38.3. The Morgan fingerprint density at radius 3 is 2.55 bits per heavy atom. The van der Waals surface area contributed by atoms with Gasteiger partial charge in [-0.2, -0.15) is 13.2 Å². The van der Waals surface area contributed by atoms with Crippen LogP contribution in [0.15, 0.2) is 16.6 Å². The number of hydrogen-bond donors (Lipinski definition) is 3. The fourth-order valence-electron chi connectivity index (χ4n) is 2.22. The second kappa shape index (κ2) is 5.25. The predicted octanol–water partition coefficient (Wildman–Crippen LogP) is 2.91. The van der Waals surface area contributed by atoms with Gasteiger partial charge in [-0.3, -0.25) is 4.79 Å². The number of aliphatic carboxylic acids is 1. The second-order valence-electron chi connectivity index (χ2n) is 4.63. The molecule has 1 aromatic carbocycles. The highest BCUT2D eigenvalue weighted by atomic mass is 79.9. The minimum atomic E-state index is -4.67. The number of carbonyl (C=O) groups is 1. The molecule has 8 heteroatoms. The zero-order valence-corrected chi connectivity index (χ0v) is 11.6. The largest absolute Gasteiger partial charge is 0.506 e. The summed E-state index contributed by atoms with van der Waals surface area (Å²) in [6, 6.07) is 1.74. The maximum Gasteiger partial charge on any atom is 0.420 e. The van der Waals surface area contributed by atoms with Crippen LogP contribution in [0.5, 0.6) is 5.75 Å². The van der Waals surface area contributed by atoms with Crippen LogP contribution in [0.2, 0.25) is 0 Å². The van der Waals surface area contributed by atoms with Gasteiger partial charge in [0.1, 0.15) is 5.75 Å². The minimum Gasteiger partial charge on any atom is -0.506 e. The molecule has 20 heavy (non-hydrogen) atoms. The Bertz CT molecular complexity index is 547. The standard InChI is InChI=1S/C12H11BrF3NO3/c13-8-2-5(1-7(10(8)18)12(14,15)16)9-3-6(4-17-9)11(19)20/h1-2,6,9,17-18H,3-4H2,(H,19,20). The van der Waals surface area contributed by atoms with E-state index < -0.39 is 35.4 Å². The summed E-state index contributed by atoms with van der Waals surface area (Å²) in [4.78, 5) is 10.9. The predicted molar refractivity (Wildman–Crippen MR) is 67.3 cm³/mol. The normalized spacial score (nSPS) is 23.0. The van der Waals surface area contributed by atoms with Crippen molar-refractivity contribution in [1.29, 1.82) is 0 Å². The number of carboxylic acid groups (broad SMARTS) is 1. The molecule has 0 amide bonds. The number of phenolic OH excluding ortho intramolecular Hbond substituents is 1. The van der Waals surface area contributed by atoms with Crippen LogP contribution in [0.4, 0.5) is 13.2 Å². The van der Waals surface area contributed by atoms with Gasteiger partial charge in [0.15, 0.2) is 0 Å². The van der Waals surface area contributed by atoms with E-state index in [1.54, 1.807) is 0 Å². The molecule has 3 N–H and O–H groups in total. The van der Waals surface area contributed by atoms with E-state index in [0.29, 0.717) is 5.56 Å². The number of aromatic hydroxyl groups is 1. The maximum absolute atomic E-state index is 12.8. The molecule has 0 aliphatic carbocycles. The molecule has 2 atom stereocenters. The van der Waals surface area contributed by atoms with E-state index in [1.807, 2.05) is 0 Å². The molecule has 2 unspecified atom stereocenters. The van der Waals surface area contributed by atoms with Crippen molar-refractivity contribution >= 4 is 21.9 Å². The topological polar surface area (TPSA) is 69.6 Å². The number of nitrogens with one attached hydrogen (secondary N) is 1. The molecule has 1 aliphatic heterocycles. The van der Waals surface area contributed by atoms with Gasteiger partial charge in [0.05, 0.1) is 16.0 Å². The molecule has 2 rings (SSSR count). The molecular weight excluding hydrogens is 343 g/mol. The summed E-state index contributed by atoms with van der Waals surface area (Å²) in [6.07, 6.45) is -4.46. The van der Waals surface area contributed by atoms with Crippen molar-refractivity contribution in [3.63, 3.8) is 0 Å². The quantitative estimate of drug-likeness (QED) is 0.764. The lowest BCUT2D eigenvalue weighted by atomic mass is 9.98. The second-order valence-corrected chi connectivity index (χ2v) is 5.48. The summed E-state index contributed by atoms with van der Waals surface area (Å²) >= 11 is 2.89. The fraction of sp³-hybridized carbons (Fsp3) is 0.417. The first-order valence-corrected chi connectivity index (χ1v) is 6.55. The van der Waals surface area contributed by atoms with Gasteiger partial charge in [0, 0.05) is 12.6 Å². The van der Waals surface area contributed by atoms with Gasteiger partial charge < -0.3 is 15.5 Å². The van der Waals surface area contributed by atoms with Crippen molar-refractivity contribution in [1.82, 2.24) is 5.32 Å². The molecule has 1 heterocycles. The lowest BCUT2D eigenvalue weighted by molar-refractivity contribution is -0.141. The number of benzene rings is 1. The Morgan fingerprint density at radius 1 is 1.40 bits per heavy atom. The highest BCUT2D eigenvalue weighted by Gasteiger charge is 2.37. The highest BCUT2D eigenvalue weighted by molar-refractivity contribution is 9.10. The number of carboxylic acids is 1. The van der Waals surface area contributed by atoms with Gasteiger partial charge in [-0.25, -0.2) is 0 Å². The van der Waals surface area contributed by atoms with Gasteiger partial charge in [0.2, 0.25) is 0 Å². The van der Waals surface area contributed by atoms with E-state index in [0.717, 1.165) is 6.07 Å². The van der Waals surface area contributed by atoms with Crippen molar-refractivity contribution in [2.75, 3.05) is 6.54 Å². The van der Waals surface area contributed by atoms with Crippen LogP contribution >= 0.6 is 15.9 Å². The van der Waals surface area contributed by atoms with Gasteiger partial charge in [-0.15, -0.1) is 0 Å². The van der Waals surface area contributed by atoms with Crippen LogP contribution in [0.1, 0.15) is 23.6 Å². The van der Waals surface area contributed by atoms with Crippen LogP contribution in [0, 0.1) is 5.92 Å². The van der Waals surface area contributed by atoms with Crippen LogP contribution < -0.4 is 5.32 Å². The number of rotatable bonds is 2. The minimum absolute atomic E-state index is 0.0668. The van der Waals surface area contributed by atoms with Crippen molar-refractivity contribution in [2.45, 2.75) is 18.6 Å². The van der Waals surface area contributed by atoms with Crippen molar-refractivity contribution in [3.8, 4) is 5.75 Å². The van der Waals surface area contributed by atoms with Crippen LogP contribution in [-0.2, 0) is 11.0 Å². The number of alkyl halides is 3. The van der Waals surface area contributed by atoms with Gasteiger partial charge in [-0.1, -0.05) is 0 Å². The first-order chi connectivity index (χ1) is 9.20. The van der Waals surface area contributed by atoms with Gasteiger partial charge >= 0.3 is 12.1 Å². The highest BCUT2D eigenvalue weighted by Crippen LogP contribution is 2.42. The Morgan fingerprint density at radius 2 is 2.05 bits per heavy atom. The van der Waals surface area contributed by atoms with Crippen molar-refractivity contribution in [2.24, 2.45) is 5.92 Å². The Hall–Kier alpha value is -1.28. The summed E-state index contributed by atoms with van der Waals surface area (Å²) in [6.45, 7) is 0.208. The third kappa shape index (κ3) is 2.90. The summed E-state index contributed by atoms with van der Waals surface area (Å²) in [5.41, 5.74) is -0.840. The first kappa shape index (κ1) is 15.1. The van der Waals surface area contributed by atoms with Crippen LogP contribution in [0.25, 0.3) is 0 Å². The van der Waals surface area contributed by atoms with Crippen molar-refractivity contribution < 1.29 is 28.2 Å². The van der Waals surface area contributed by atoms with E-state index >= 15 is 0 Å². The monoisotopic (exact) mass is 353 g/mol. The average molecular weight is 354 g/mol.